The number of nitrogen functional groups attached to an aromatic ring is 1. The Morgan fingerprint density at radius 3 is 2.65 bits per heavy atom. The number of nitrogens with two attached hydrogens (primary N) is 1. The molecule has 0 fully saturated rings. The van der Waals surface area contributed by atoms with Crippen LogP contribution in [0.1, 0.15) is 0 Å². The number of benzene rings is 2. The predicted octanol–water partition coefficient (Wildman–Crippen LogP) is 4.79. The van der Waals surface area contributed by atoms with Crippen LogP contribution in [0.5, 0.6) is 0 Å². The van der Waals surface area contributed by atoms with E-state index in [4.69, 9.17) is 17.3 Å². The minimum absolute atomic E-state index is 0.718. The summed E-state index contributed by atoms with van der Waals surface area (Å²) in [6, 6.07) is 15.2. The molecule has 3 nitrogen and oxygen atoms in total. The molecule has 0 saturated carbocycles. The molecule has 20 heavy (non-hydrogen) atoms. The van der Waals surface area contributed by atoms with Crippen molar-refractivity contribution in [3.05, 3.63) is 58.9 Å². The van der Waals surface area contributed by atoms with E-state index in [2.05, 4.69) is 10.3 Å². The van der Waals surface area contributed by atoms with Gasteiger partial charge in [0, 0.05) is 27.3 Å². The number of nitrogens with one attached hydrogen (secondary N) is 1. The number of halogens is 1. The van der Waals surface area contributed by atoms with Gasteiger partial charge in [-0.05, 0) is 36.4 Å². The smallest absolute Gasteiger partial charge is 0.187 e. The van der Waals surface area contributed by atoms with E-state index < -0.39 is 0 Å². The van der Waals surface area contributed by atoms with Crippen LogP contribution in [0, 0.1) is 0 Å². The van der Waals surface area contributed by atoms with E-state index in [-0.39, 0.29) is 0 Å². The second kappa shape index (κ2) is 5.53. The third-order valence-corrected chi connectivity index (χ3v) is 3.79. The summed E-state index contributed by atoms with van der Waals surface area (Å²) in [5.41, 5.74) is 9.42. The van der Waals surface area contributed by atoms with Crippen molar-refractivity contribution in [2.24, 2.45) is 0 Å². The van der Waals surface area contributed by atoms with Crippen molar-refractivity contribution in [2.75, 3.05) is 11.1 Å². The van der Waals surface area contributed by atoms with Crippen molar-refractivity contribution >= 4 is 39.4 Å². The lowest BCUT2D eigenvalue weighted by atomic mass is 10.1. The van der Waals surface area contributed by atoms with Gasteiger partial charge in [0.1, 0.15) is 0 Å². The Labute approximate surface area is 126 Å². The van der Waals surface area contributed by atoms with E-state index in [0.29, 0.717) is 0 Å². The van der Waals surface area contributed by atoms with E-state index in [1.807, 2.05) is 53.9 Å². The fraction of sp³-hybridized carbons (Fsp3) is 0. The number of hydrogen-bond acceptors (Lipinski definition) is 4. The van der Waals surface area contributed by atoms with Crippen molar-refractivity contribution in [2.45, 2.75) is 0 Å². The highest BCUT2D eigenvalue weighted by molar-refractivity contribution is 7.14. The lowest BCUT2D eigenvalue weighted by Gasteiger charge is -2.02. The van der Waals surface area contributed by atoms with Crippen LogP contribution < -0.4 is 11.1 Å². The fourth-order valence-electron chi connectivity index (χ4n) is 1.82. The summed E-state index contributed by atoms with van der Waals surface area (Å²) >= 11 is 7.41. The van der Waals surface area contributed by atoms with Gasteiger partial charge in [0.2, 0.25) is 0 Å². The Hall–Kier alpha value is -2.04. The lowest BCUT2D eigenvalue weighted by molar-refractivity contribution is 1.38. The number of hydrogen-bond donors (Lipinski definition) is 2. The highest BCUT2D eigenvalue weighted by atomic mass is 35.5. The highest BCUT2D eigenvalue weighted by Crippen LogP contribution is 2.28. The molecular formula is C15H12ClN3S. The van der Waals surface area contributed by atoms with Gasteiger partial charge in [0.15, 0.2) is 5.13 Å². The monoisotopic (exact) mass is 301 g/mol. The second-order valence-corrected chi connectivity index (χ2v) is 5.59. The van der Waals surface area contributed by atoms with E-state index >= 15 is 0 Å². The van der Waals surface area contributed by atoms with Crippen molar-refractivity contribution in [3.63, 3.8) is 0 Å². The van der Waals surface area contributed by atoms with Crippen molar-refractivity contribution < 1.29 is 0 Å². The molecule has 5 heteroatoms. The summed E-state index contributed by atoms with van der Waals surface area (Å²) in [6.07, 6.45) is 0. The van der Waals surface area contributed by atoms with Crippen LogP contribution in [0.2, 0.25) is 5.02 Å². The summed E-state index contributed by atoms with van der Waals surface area (Å²) in [5.74, 6) is 0. The molecule has 0 bridgehead atoms. The van der Waals surface area contributed by atoms with Gasteiger partial charge in [0.25, 0.3) is 0 Å². The van der Waals surface area contributed by atoms with Crippen molar-refractivity contribution in [3.8, 4) is 11.3 Å². The van der Waals surface area contributed by atoms with Gasteiger partial charge < -0.3 is 11.1 Å². The molecule has 2 aromatic carbocycles. The molecule has 0 aliphatic heterocycles. The van der Waals surface area contributed by atoms with Crippen LogP contribution in [0.15, 0.2) is 53.9 Å². The molecule has 100 valence electrons. The molecular weight excluding hydrogens is 290 g/mol. The molecule has 3 rings (SSSR count). The standard InChI is InChI=1S/C15H12ClN3S/c16-11-4-6-13(7-5-11)18-15-19-14(9-20-15)10-2-1-3-12(17)8-10/h1-9H,17H2,(H,18,19). The van der Waals surface area contributed by atoms with Crippen LogP contribution in [-0.4, -0.2) is 4.98 Å². The number of aromatic nitrogens is 1. The molecule has 0 radical (unpaired) electrons. The summed E-state index contributed by atoms with van der Waals surface area (Å²) in [4.78, 5) is 4.56. The second-order valence-electron chi connectivity index (χ2n) is 4.30. The third kappa shape index (κ3) is 2.92. The topological polar surface area (TPSA) is 50.9 Å². The van der Waals surface area contributed by atoms with E-state index in [1.165, 1.54) is 0 Å². The van der Waals surface area contributed by atoms with E-state index in [9.17, 15) is 0 Å². The van der Waals surface area contributed by atoms with Gasteiger partial charge in [-0.25, -0.2) is 4.98 Å². The lowest BCUT2D eigenvalue weighted by Crippen LogP contribution is -1.89. The molecule has 0 amide bonds. The van der Waals surface area contributed by atoms with Gasteiger partial charge in [-0.2, -0.15) is 0 Å². The Balaban J connectivity index is 1.82. The Bertz CT molecular complexity index is 722. The van der Waals surface area contributed by atoms with Crippen LogP contribution in [0.3, 0.4) is 0 Å². The Morgan fingerprint density at radius 1 is 1.10 bits per heavy atom. The largest absolute Gasteiger partial charge is 0.399 e. The molecule has 3 N–H and O–H groups in total. The first-order chi connectivity index (χ1) is 9.70. The molecule has 0 atom stereocenters. The first kappa shape index (κ1) is 13.0. The van der Waals surface area contributed by atoms with Crippen LogP contribution in [0.4, 0.5) is 16.5 Å². The molecule has 0 aliphatic carbocycles. The van der Waals surface area contributed by atoms with Crippen LogP contribution >= 0.6 is 22.9 Å². The third-order valence-electron chi connectivity index (χ3n) is 2.78. The zero-order valence-corrected chi connectivity index (χ0v) is 12.1. The van der Waals surface area contributed by atoms with Gasteiger partial charge in [-0.3, -0.25) is 0 Å². The summed E-state index contributed by atoms with van der Waals surface area (Å²) in [6.45, 7) is 0. The first-order valence-corrected chi connectivity index (χ1v) is 7.30. The average molecular weight is 302 g/mol. The number of nitrogens with zero attached hydrogens (tertiary/aromatic N) is 1. The van der Waals surface area contributed by atoms with Crippen molar-refractivity contribution in [1.29, 1.82) is 0 Å². The van der Waals surface area contributed by atoms with Gasteiger partial charge in [0.05, 0.1) is 5.69 Å². The molecule has 0 unspecified atom stereocenters. The number of rotatable bonds is 3. The van der Waals surface area contributed by atoms with Crippen molar-refractivity contribution in [1.82, 2.24) is 4.98 Å². The maximum Gasteiger partial charge on any atom is 0.187 e. The normalized spacial score (nSPS) is 10.4. The van der Waals surface area contributed by atoms with Crippen LogP contribution in [0.25, 0.3) is 11.3 Å². The summed E-state index contributed by atoms with van der Waals surface area (Å²) in [7, 11) is 0. The summed E-state index contributed by atoms with van der Waals surface area (Å²) < 4.78 is 0. The van der Waals surface area contributed by atoms with Gasteiger partial charge in [-0.1, -0.05) is 23.7 Å². The Morgan fingerprint density at radius 2 is 1.90 bits per heavy atom. The highest BCUT2D eigenvalue weighted by Gasteiger charge is 2.05. The molecule has 0 saturated heterocycles. The Kier molecular flexibility index (Phi) is 3.58. The molecule has 3 aromatic rings. The first-order valence-electron chi connectivity index (χ1n) is 6.05. The molecule has 0 aliphatic rings. The van der Waals surface area contributed by atoms with E-state index in [0.717, 1.165) is 32.8 Å². The maximum absolute atomic E-state index is 5.86. The minimum atomic E-state index is 0.718. The SMILES string of the molecule is Nc1cccc(-c2csc(Nc3ccc(Cl)cc3)n2)c1. The molecule has 1 heterocycles. The average Bonchev–Trinajstić information content (AvgIpc) is 2.90. The molecule has 1 aromatic heterocycles. The summed E-state index contributed by atoms with van der Waals surface area (Å²) in [5, 5.41) is 6.82. The van der Waals surface area contributed by atoms with Gasteiger partial charge >= 0.3 is 0 Å². The zero-order valence-electron chi connectivity index (χ0n) is 10.5. The number of anilines is 3. The van der Waals surface area contributed by atoms with E-state index in [1.54, 1.807) is 11.3 Å². The maximum atomic E-state index is 5.86. The minimum Gasteiger partial charge on any atom is -0.399 e. The fourth-order valence-corrected chi connectivity index (χ4v) is 2.68. The predicted molar refractivity (Wildman–Crippen MR) is 86.7 cm³/mol. The quantitative estimate of drug-likeness (QED) is 0.684. The molecule has 0 spiro atoms. The number of thiazole rings is 1. The van der Waals surface area contributed by atoms with Gasteiger partial charge in [-0.15, -0.1) is 11.3 Å². The van der Waals surface area contributed by atoms with Crippen LogP contribution in [-0.2, 0) is 0 Å². The zero-order chi connectivity index (χ0) is 13.9.